The molecule has 0 radical (unpaired) electrons. The van der Waals surface area contributed by atoms with E-state index in [0.717, 1.165) is 6.08 Å². The zero-order chi connectivity index (χ0) is 8.85. The minimum atomic E-state index is -1.99. The largest absolute Gasteiger partial charge is 0.454 e. The fourth-order valence-electron chi connectivity index (χ4n) is 0.265. The van der Waals surface area contributed by atoms with Crippen molar-refractivity contribution in [3.8, 4) is 0 Å². The lowest BCUT2D eigenvalue weighted by Gasteiger charge is -1.99. The van der Waals surface area contributed by atoms with Crippen molar-refractivity contribution >= 4 is 11.9 Å². The molecule has 4 nitrogen and oxygen atoms in total. The summed E-state index contributed by atoms with van der Waals surface area (Å²) >= 11 is 0. The monoisotopic (exact) mass is 165 g/mol. The van der Waals surface area contributed by atoms with Gasteiger partial charge in [0.1, 0.15) is 6.61 Å². The number of esters is 1. The molecule has 62 valence electrons. The van der Waals surface area contributed by atoms with Crippen LogP contribution in [-0.4, -0.2) is 23.8 Å². The lowest BCUT2D eigenvalue weighted by molar-refractivity contribution is -0.196. The second kappa shape index (κ2) is 4.37. The Balaban J connectivity index is 3.83. The van der Waals surface area contributed by atoms with Crippen LogP contribution in [0.15, 0.2) is 12.7 Å². The van der Waals surface area contributed by atoms with Crippen molar-refractivity contribution in [1.82, 2.24) is 5.34 Å². The lowest BCUT2D eigenvalue weighted by atomic mass is 10.6. The Morgan fingerprint density at radius 2 is 2.09 bits per heavy atom. The van der Waals surface area contributed by atoms with Gasteiger partial charge in [0.25, 0.3) is 0 Å². The number of halogens is 2. The summed E-state index contributed by atoms with van der Waals surface area (Å²) in [7, 11) is 0. The molecule has 0 saturated heterocycles. The first kappa shape index (κ1) is 9.54. The van der Waals surface area contributed by atoms with Crippen LogP contribution < -0.4 is 0 Å². The molecule has 0 aliphatic carbocycles. The van der Waals surface area contributed by atoms with Gasteiger partial charge in [-0.25, -0.2) is 4.79 Å². The number of carbonyl (C=O) groups is 2. The van der Waals surface area contributed by atoms with Crippen molar-refractivity contribution in [3.05, 3.63) is 12.7 Å². The van der Waals surface area contributed by atoms with Crippen LogP contribution in [0.2, 0.25) is 0 Å². The standard InChI is InChI=1S/C5H5F2NO3/c1-2-3-11-5(10)4(9)8(6)7/h2H,1,3H2. The maximum Gasteiger partial charge on any atom is 0.402 e. The van der Waals surface area contributed by atoms with Crippen LogP contribution in [0.1, 0.15) is 0 Å². The molecule has 0 aliphatic rings. The summed E-state index contributed by atoms with van der Waals surface area (Å²) in [5.74, 6) is -3.60. The average molecular weight is 165 g/mol. The molecular weight excluding hydrogens is 160 g/mol. The summed E-state index contributed by atoms with van der Waals surface area (Å²) in [5.41, 5.74) is 0. The van der Waals surface area contributed by atoms with Crippen LogP contribution in [0.4, 0.5) is 8.96 Å². The average Bonchev–Trinajstić information content (AvgIpc) is 1.98. The molecule has 0 heterocycles. The van der Waals surface area contributed by atoms with Crippen LogP contribution in [0.25, 0.3) is 0 Å². The third-order valence-corrected chi connectivity index (χ3v) is 0.660. The zero-order valence-corrected chi connectivity index (χ0v) is 5.42. The zero-order valence-electron chi connectivity index (χ0n) is 5.42. The van der Waals surface area contributed by atoms with E-state index in [1.807, 2.05) is 0 Å². The number of hydrogen-bond acceptors (Lipinski definition) is 3. The van der Waals surface area contributed by atoms with E-state index < -0.39 is 17.2 Å². The van der Waals surface area contributed by atoms with Gasteiger partial charge < -0.3 is 4.74 Å². The van der Waals surface area contributed by atoms with Crippen molar-refractivity contribution < 1.29 is 23.3 Å². The molecule has 11 heavy (non-hydrogen) atoms. The Morgan fingerprint density at radius 1 is 1.55 bits per heavy atom. The van der Waals surface area contributed by atoms with Crippen LogP contribution in [-0.2, 0) is 14.3 Å². The first-order valence-corrected chi connectivity index (χ1v) is 2.53. The Labute approximate surface area is 60.9 Å². The molecule has 0 N–H and O–H groups in total. The summed E-state index contributed by atoms with van der Waals surface area (Å²) < 4.78 is 26.5. The molecule has 0 unspecified atom stereocenters. The smallest absolute Gasteiger partial charge is 0.402 e. The molecule has 0 rings (SSSR count). The van der Waals surface area contributed by atoms with Gasteiger partial charge in [-0.2, -0.15) is 0 Å². The summed E-state index contributed by atoms with van der Waals surface area (Å²) in [5, 5.41) is -1.84. The predicted octanol–water partition coefficient (Wildman–Crippen LogP) is 0.313. The minimum Gasteiger partial charge on any atom is -0.454 e. The van der Waals surface area contributed by atoms with E-state index >= 15 is 0 Å². The Morgan fingerprint density at radius 3 is 2.45 bits per heavy atom. The fraction of sp³-hybridized carbons (Fsp3) is 0.200. The number of nitrogens with zero attached hydrogens (tertiary/aromatic N) is 1. The van der Waals surface area contributed by atoms with E-state index in [1.165, 1.54) is 0 Å². The van der Waals surface area contributed by atoms with Gasteiger partial charge in [0.15, 0.2) is 0 Å². The topological polar surface area (TPSA) is 46.6 Å². The highest BCUT2D eigenvalue weighted by Crippen LogP contribution is 1.92. The SMILES string of the molecule is C=CCOC(=O)C(=O)N(F)F. The Bertz CT molecular complexity index is 181. The van der Waals surface area contributed by atoms with E-state index in [1.54, 1.807) is 0 Å². The fourth-order valence-corrected chi connectivity index (χ4v) is 0.265. The van der Waals surface area contributed by atoms with Crippen molar-refractivity contribution in [3.63, 3.8) is 0 Å². The van der Waals surface area contributed by atoms with Crippen molar-refractivity contribution in [1.29, 1.82) is 0 Å². The van der Waals surface area contributed by atoms with Crippen LogP contribution >= 0.6 is 0 Å². The summed E-state index contributed by atoms with van der Waals surface area (Å²) in [6.45, 7) is 2.88. The lowest BCUT2D eigenvalue weighted by Crippen LogP contribution is -2.26. The highest BCUT2D eigenvalue weighted by molar-refractivity contribution is 6.31. The molecule has 0 saturated carbocycles. The first-order chi connectivity index (χ1) is 5.09. The van der Waals surface area contributed by atoms with E-state index in [0.29, 0.717) is 0 Å². The van der Waals surface area contributed by atoms with Gasteiger partial charge >= 0.3 is 11.9 Å². The molecule has 0 aromatic heterocycles. The first-order valence-electron chi connectivity index (χ1n) is 2.53. The Hall–Kier alpha value is -1.46. The van der Waals surface area contributed by atoms with E-state index in [4.69, 9.17) is 0 Å². The number of amides is 1. The van der Waals surface area contributed by atoms with Crippen molar-refractivity contribution in [2.45, 2.75) is 0 Å². The molecule has 0 fully saturated rings. The normalized spacial score (nSPS) is 8.55. The van der Waals surface area contributed by atoms with Crippen molar-refractivity contribution in [2.24, 2.45) is 0 Å². The number of rotatable bonds is 2. The Kier molecular flexibility index (Phi) is 3.79. The molecule has 0 atom stereocenters. The van der Waals surface area contributed by atoms with Gasteiger partial charge in [-0.05, 0) is 0 Å². The maximum absolute atomic E-state index is 11.3. The molecular formula is C5H5F2NO3. The second-order valence-electron chi connectivity index (χ2n) is 1.43. The highest BCUT2D eigenvalue weighted by Gasteiger charge is 2.23. The third kappa shape index (κ3) is 3.29. The van der Waals surface area contributed by atoms with E-state index in [-0.39, 0.29) is 6.61 Å². The molecule has 0 bridgehead atoms. The van der Waals surface area contributed by atoms with Gasteiger partial charge in [0.05, 0.1) is 0 Å². The second-order valence-corrected chi connectivity index (χ2v) is 1.43. The van der Waals surface area contributed by atoms with E-state index in [9.17, 15) is 18.6 Å². The highest BCUT2D eigenvalue weighted by atomic mass is 19.4. The molecule has 0 aromatic rings. The third-order valence-electron chi connectivity index (χ3n) is 0.660. The van der Waals surface area contributed by atoms with Crippen LogP contribution in [0, 0.1) is 0 Å². The quantitative estimate of drug-likeness (QED) is 0.256. The van der Waals surface area contributed by atoms with Gasteiger partial charge in [-0.3, -0.25) is 4.79 Å². The number of ether oxygens (including phenoxy) is 1. The summed E-state index contributed by atoms with van der Waals surface area (Å²) in [6.07, 6.45) is 1.16. The number of hydrogen-bond donors (Lipinski definition) is 0. The number of carbonyl (C=O) groups excluding carboxylic acids is 2. The van der Waals surface area contributed by atoms with Crippen LogP contribution in [0.5, 0.6) is 0 Å². The molecule has 0 aliphatic heterocycles. The summed E-state index contributed by atoms with van der Waals surface area (Å²) in [6, 6.07) is 0. The summed E-state index contributed by atoms with van der Waals surface area (Å²) in [4.78, 5) is 20.2. The molecule has 6 heteroatoms. The van der Waals surface area contributed by atoms with Gasteiger partial charge in [0.2, 0.25) is 0 Å². The predicted molar refractivity (Wildman–Crippen MR) is 30.2 cm³/mol. The van der Waals surface area contributed by atoms with Gasteiger partial charge in [-0.15, -0.1) is 0 Å². The van der Waals surface area contributed by atoms with Gasteiger partial charge in [-0.1, -0.05) is 21.6 Å². The van der Waals surface area contributed by atoms with E-state index in [2.05, 4.69) is 11.3 Å². The van der Waals surface area contributed by atoms with Crippen LogP contribution in [0.3, 0.4) is 0 Å². The molecule has 1 amide bonds. The van der Waals surface area contributed by atoms with Gasteiger partial charge in [0, 0.05) is 5.34 Å². The molecule has 0 aromatic carbocycles. The minimum absolute atomic E-state index is 0.265. The maximum atomic E-state index is 11.3. The van der Waals surface area contributed by atoms with Crippen molar-refractivity contribution in [2.75, 3.05) is 6.61 Å². The molecule has 0 spiro atoms.